The molecule has 1 aliphatic heterocycles. The summed E-state index contributed by atoms with van der Waals surface area (Å²) in [6.45, 7) is 7.43. The van der Waals surface area contributed by atoms with Gasteiger partial charge in [0.2, 0.25) is 0 Å². The van der Waals surface area contributed by atoms with Crippen LogP contribution in [-0.4, -0.2) is 15.0 Å². The smallest absolute Gasteiger partial charge is 0.187 e. The average Bonchev–Trinajstić information content (AvgIpc) is 3.23. The summed E-state index contributed by atoms with van der Waals surface area (Å²) in [6, 6.07) is 61.8. The SMILES string of the molecule is [C-]#[N+]c1ccc(-c2nc(-c3cccc(-c4ccccc4)c3)nc(-c3ccc4c(c3)Oc3ccccc3C4(c3ccccc3)c3ccccc3)n2)cc1. The Bertz CT molecular complexity index is 2560. The second-order valence-electron chi connectivity index (χ2n) is 12.7. The minimum atomic E-state index is -0.622. The third-order valence-corrected chi connectivity index (χ3v) is 9.69. The van der Waals surface area contributed by atoms with Gasteiger partial charge in [-0.2, -0.15) is 0 Å². The number of ether oxygens (including phenoxy) is 1. The fourth-order valence-electron chi connectivity index (χ4n) is 7.27. The molecule has 0 saturated carbocycles. The van der Waals surface area contributed by atoms with Crippen LogP contribution in [0.3, 0.4) is 0 Å². The van der Waals surface area contributed by atoms with Gasteiger partial charge in [0.1, 0.15) is 11.5 Å². The summed E-state index contributed by atoms with van der Waals surface area (Å²) in [7, 11) is 0. The fraction of sp³-hybridized carbons (Fsp3) is 0.0213. The van der Waals surface area contributed by atoms with Gasteiger partial charge in [0.25, 0.3) is 0 Å². The van der Waals surface area contributed by atoms with Crippen LogP contribution < -0.4 is 4.74 Å². The molecule has 2 heterocycles. The topological polar surface area (TPSA) is 52.3 Å². The fourth-order valence-corrected chi connectivity index (χ4v) is 7.27. The van der Waals surface area contributed by atoms with Crippen LogP contribution in [0.25, 0.3) is 50.1 Å². The first kappa shape index (κ1) is 30.9. The van der Waals surface area contributed by atoms with E-state index in [1.54, 1.807) is 12.1 Å². The number of para-hydroxylation sites is 1. The molecule has 0 N–H and O–H groups in total. The molecule has 8 aromatic rings. The highest BCUT2D eigenvalue weighted by atomic mass is 16.5. The predicted octanol–water partition coefficient (Wildman–Crippen LogP) is 11.6. The van der Waals surface area contributed by atoms with Gasteiger partial charge < -0.3 is 4.74 Å². The van der Waals surface area contributed by atoms with Crippen LogP contribution in [0.2, 0.25) is 0 Å². The first-order chi connectivity index (χ1) is 25.7. The number of fused-ring (bicyclic) bond motifs is 2. The van der Waals surface area contributed by atoms with E-state index >= 15 is 0 Å². The van der Waals surface area contributed by atoms with Gasteiger partial charge in [-0.1, -0.05) is 164 Å². The van der Waals surface area contributed by atoms with Gasteiger partial charge in [0, 0.05) is 27.8 Å². The average molecular weight is 667 g/mol. The van der Waals surface area contributed by atoms with Crippen LogP contribution in [-0.2, 0) is 5.41 Å². The Morgan fingerprint density at radius 3 is 1.56 bits per heavy atom. The van der Waals surface area contributed by atoms with Crippen LogP contribution >= 0.6 is 0 Å². The molecule has 244 valence electrons. The van der Waals surface area contributed by atoms with E-state index in [1.165, 1.54) is 0 Å². The lowest BCUT2D eigenvalue weighted by Crippen LogP contribution is -2.34. The highest BCUT2D eigenvalue weighted by molar-refractivity contribution is 5.75. The standard InChI is InChI=1S/C47H30N4O/c1-48-39-27-24-33(25-28-39)44-49-45(35-17-13-16-34(30-35)32-14-5-2-6-15-32)51-46(50-44)36-26-29-41-43(31-36)52-42-23-12-11-22-40(42)47(41,37-18-7-3-8-19-37)38-20-9-4-10-21-38/h2-31H. The van der Waals surface area contributed by atoms with E-state index in [4.69, 9.17) is 26.3 Å². The second kappa shape index (κ2) is 12.9. The first-order valence-electron chi connectivity index (χ1n) is 17.1. The maximum atomic E-state index is 7.43. The molecule has 0 unspecified atom stereocenters. The van der Waals surface area contributed by atoms with Gasteiger partial charge in [0.05, 0.1) is 12.0 Å². The lowest BCUT2D eigenvalue weighted by Gasteiger charge is -2.41. The first-order valence-corrected chi connectivity index (χ1v) is 17.1. The van der Waals surface area contributed by atoms with Crippen molar-refractivity contribution in [2.45, 2.75) is 5.41 Å². The molecule has 0 bridgehead atoms. The van der Waals surface area contributed by atoms with E-state index in [2.05, 4.69) is 120 Å². The van der Waals surface area contributed by atoms with Crippen LogP contribution in [0, 0.1) is 6.57 Å². The third kappa shape index (κ3) is 5.31. The van der Waals surface area contributed by atoms with Crippen molar-refractivity contribution in [1.82, 2.24) is 15.0 Å². The molecule has 52 heavy (non-hydrogen) atoms. The number of aromatic nitrogens is 3. The number of rotatable bonds is 6. The number of nitrogens with zero attached hydrogens (tertiary/aromatic N) is 4. The van der Waals surface area contributed by atoms with Crippen LogP contribution in [0.5, 0.6) is 11.5 Å². The maximum Gasteiger partial charge on any atom is 0.187 e. The van der Waals surface area contributed by atoms with Crippen molar-refractivity contribution in [3.63, 3.8) is 0 Å². The van der Waals surface area contributed by atoms with E-state index < -0.39 is 5.41 Å². The Morgan fingerprint density at radius 1 is 0.404 bits per heavy atom. The van der Waals surface area contributed by atoms with E-state index in [-0.39, 0.29) is 0 Å². The van der Waals surface area contributed by atoms with Gasteiger partial charge in [0.15, 0.2) is 23.2 Å². The lowest BCUT2D eigenvalue weighted by molar-refractivity contribution is 0.434. The zero-order chi connectivity index (χ0) is 34.9. The predicted molar refractivity (Wildman–Crippen MR) is 206 cm³/mol. The molecule has 0 amide bonds. The van der Waals surface area contributed by atoms with Crippen molar-refractivity contribution in [3.8, 4) is 56.8 Å². The molecule has 0 saturated heterocycles. The van der Waals surface area contributed by atoms with Crippen LogP contribution in [0.4, 0.5) is 5.69 Å². The molecule has 1 aromatic heterocycles. The number of hydrogen-bond donors (Lipinski definition) is 0. The lowest BCUT2D eigenvalue weighted by atomic mass is 9.63. The summed E-state index contributed by atoms with van der Waals surface area (Å²) in [4.78, 5) is 18.7. The van der Waals surface area contributed by atoms with Gasteiger partial charge in [-0.15, -0.1) is 0 Å². The summed E-state index contributed by atoms with van der Waals surface area (Å²) in [5, 5.41) is 0. The molecule has 0 atom stereocenters. The number of hydrogen-bond acceptors (Lipinski definition) is 4. The Hall–Kier alpha value is -7.16. The summed E-state index contributed by atoms with van der Waals surface area (Å²) >= 11 is 0. The summed E-state index contributed by atoms with van der Waals surface area (Å²) < 4.78 is 6.76. The van der Waals surface area contributed by atoms with Crippen molar-refractivity contribution in [2.24, 2.45) is 0 Å². The van der Waals surface area contributed by atoms with E-state index in [9.17, 15) is 0 Å². The normalized spacial score (nSPS) is 12.5. The van der Waals surface area contributed by atoms with Crippen molar-refractivity contribution in [2.75, 3.05) is 0 Å². The number of benzene rings is 7. The Labute approximate surface area is 302 Å². The maximum absolute atomic E-state index is 7.43. The summed E-state index contributed by atoms with van der Waals surface area (Å²) in [6.07, 6.45) is 0. The van der Waals surface area contributed by atoms with Crippen LogP contribution in [0.15, 0.2) is 182 Å². The van der Waals surface area contributed by atoms with Crippen LogP contribution in [0.1, 0.15) is 22.3 Å². The zero-order valence-electron chi connectivity index (χ0n) is 28.0. The van der Waals surface area contributed by atoms with E-state index in [0.717, 1.165) is 61.6 Å². The molecule has 5 heteroatoms. The van der Waals surface area contributed by atoms with Gasteiger partial charge >= 0.3 is 0 Å². The van der Waals surface area contributed by atoms with E-state index in [1.807, 2.05) is 54.6 Å². The van der Waals surface area contributed by atoms with Gasteiger partial charge in [-0.25, -0.2) is 19.8 Å². The molecule has 0 radical (unpaired) electrons. The molecular weight excluding hydrogens is 637 g/mol. The minimum absolute atomic E-state index is 0.522. The molecular formula is C47H30N4O. The molecule has 0 spiro atoms. The summed E-state index contributed by atoms with van der Waals surface area (Å²) in [5.41, 5.74) is 9.01. The molecule has 5 nitrogen and oxygen atoms in total. The van der Waals surface area contributed by atoms with Crippen molar-refractivity contribution >= 4 is 5.69 Å². The molecule has 0 aliphatic carbocycles. The van der Waals surface area contributed by atoms with Crippen molar-refractivity contribution in [3.05, 3.63) is 216 Å². The Morgan fingerprint density at radius 2 is 0.904 bits per heavy atom. The van der Waals surface area contributed by atoms with Gasteiger partial charge in [-0.05, 0) is 40.5 Å². The molecule has 0 fully saturated rings. The van der Waals surface area contributed by atoms with Crippen molar-refractivity contribution in [1.29, 1.82) is 0 Å². The summed E-state index contributed by atoms with van der Waals surface area (Å²) in [5.74, 6) is 3.14. The van der Waals surface area contributed by atoms with E-state index in [0.29, 0.717) is 23.2 Å². The second-order valence-corrected chi connectivity index (χ2v) is 12.7. The van der Waals surface area contributed by atoms with Gasteiger partial charge in [-0.3, -0.25) is 0 Å². The molecule has 9 rings (SSSR count). The Balaban J connectivity index is 1.24. The molecule has 7 aromatic carbocycles. The molecule has 1 aliphatic rings. The zero-order valence-corrected chi connectivity index (χ0v) is 28.0. The Kier molecular flexibility index (Phi) is 7.68. The highest BCUT2D eigenvalue weighted by Crippen LogP contribution is 2.55. The quantitative estimate of drug-likeness (QED) is 0.166. The minimum Gasteiger partial charge on any atom is -0.457 e. The monoisotopic (exact) mass is 666 g/mol. The highest BCUT2D eigenvalue weighted by Gasteiger charge is 2.45. The largest absolute Gasteiger partial charge is 0.457 e. The van der Waals surface area contributed by atoms with Crippen molar-refractivity contribution < 1.29 is 4.74 Å². The third-order valence-electron chi connectivity index (χ3n) is 9.69.